The largest absolute Gasteiger partial charge is 0.444 e. The number of sulfonamides is 1. The minimum atomic E-state index is -3.64. The van der Waals surface area contributed by atoms with Gasteiger partial charge in [0.05, 0.1) is 4.90 Å². The molecule has 1 amide bonds. The van der Waals surface area contributed by atoms with Crippen molar-refractivity contribution in [1.82, 2.24) is 9.73 Å². The Morgan fingerprint density at radius 3 is 2.29 bits per heavy atom. The molecule has 7 nitrogen and oxygen atoms in total. The number of hydrogen-bond donors (Lipinski definition) is 1. The quantitative estimate of drug-likeness (QED) is 0.613. The molecular weight excluding hydrogens is 378 g/mol. The van der Waals surface area contributed by atoms with Gasteiger partial charge in [-0.25, -0.2) is 9.63 Å². The van der Waals surface area contributed by atoms with Crippen LogP contribution in [0.5, 0.6) is 0 Å². The molecular formula is C20H29N3O4S. The van der Waals surface area contributed by atoms with Gasteiger partial charge in [0.25, 0.3) is 10.0 Å². The van der Waals surface area contributed by atoms with Gasteiger partial charge in [0, 0.05) is 19.3 Å². The van der Waals surface area contributed by atoms with Gasteiger partial charge in [0.1, 0.15) is 5.60 Å². The number of aryl methyl sites for hydroxylation is 1. The van der Waals surface area contributed by atoms with Crippen molar-refractivity contribution in [2.45, 2.75) is 51.0 Å². The van der Waals surface area contributed by atoms with E-state index in [1.54, 1.807) is 35.4 Å². The summed E-state index contributed by atoms with van der Waals surface area (Å²) in [4.78, 5) is 16.5. The normalized spacial score (nSPS) is 25.1. The molecule has 1 aliphatic carbocycles. The number of hydrazone groups is 1. The summed E-state index contributed by atoms with van der Waals surface area (Å²) in [7, 11) is -3.64. The van der Waals surface area contributed by atoms with Gasteiger partial charge < -0.3 is 9.64 Å². The molecule has 0 aromatic heterocycles. The molecule has 1 saturated carbocycles. The Morgan fingerprint density at radius 2 is 1.75 bits per heavy atom. The zero-order valence-electron chi connectivity index (χ0n) is 16.9. The van der Waals surface area contributed by atoms with Crippen LogP contribution in [0.1, 0.15) is 39.2 Å². The smallest absolute Gasteiger partial charge is 0.410 e. The van der Waals surface area contributed by atoms with E-state index in [1.165, 1.54) is 0 Å². The lowest BCUT2D eigenvalue weighted by Crippen LogP contribution is -2.36. The highest BCUT2D eigenvalue weighted by atomic mass is 32.2. The summed E-state index contributed by atoms with van der Waals surface area (Å²) in [5.41, 5.74) is 0.513. The molecule has 0 bridgehead atoms. The fourth-order valence-electron chi connectivity index (χ4n) is 3.92. The first kappa shape index (κ1) is 20.6. The van der Waals surface area contributed by atoms with Crippen LogP contribution < -0.4 is 4.83 Å². The molecule has 0 radical (unpaired) electrons. The Bertz CT molecular complexity index is 829. The van der Waals surface area contributed by atoms with Gasteiger partial charge in [-0.05, 0) is 70.4 Å². The molecule has 1 aromatic carbocycles. The molecule has 3 rings (SSSR count). The predicted molar refractivity (Wildman–Crippen MR) is 108 cm³/mol. The minimum absolute atomic E-state index is 0.201. The number of carbonyl (C=O) groups excluding carboxylic acids is 1. The number of fused-ring (bicyclic) bond motifs is 1. The van der Waals surface area contributed by atoms with E-state index in [4.69, 9.17) is 4.74 Å². The maximum atomic E-state index is 12.3. The molecule has 1 heterocycles. The van der Waals surface area contributed by atoms with Crippen molar-refractivity contribution in [3.63, 3.8) is 0 Å². The Balaban J connectivity index is 1.50. The molecule has 2 atom stereocenters. The summed E-state index contributed by atoms with van der Waals surface area (Å²) in [6.45, 7) is 8.89. The molecule has 1 aliphatic heterocycles. The zero-order chi connectivity index (χ0) is 20.5. The van der Waals surface area contributed by atoms with Crippen LogP contribution in [0.15, 0.2) is 34.3 Å². The third kappa shape index (κ3) is 5.04. The van der Waals surface area contributed by atoms with Crippen molar-refractivity contribution in [2.75, 3.05) is 13.1 Å². The molecule has 2 unspecified atom stereocenters. The Hall–Kier alpha value is -2.09. The van der Waals surface area contributed by atoms with Gasteiger partial charge in [-0.1, -0.05) is 17.7 Å². The van der Waals surface area contributed by atoms with E-state index in [0.717, 1.165) is 18.4 Å². The Kier molecular flexibility index (Phi) is 5.70. The van der Waals surface area contributed by atoms with Crippen LogP contribution in [-0.4, -0.2) is 44.3 Å². The van der Waals surface area contributed by atoms with E-state index in [9.17, 15) is 13.2 Å². The molecule has 2 aliphatic rings. The molecule has 28 heavy (non-hydrogen) atoms. The first-order valence-electron chi connectivity index (χ1n) is 9.63. The lowest BCUT2D eigenvalue weighted by molar-refractivity contribution is 0.0279. The molecule has 8 heteroatoms. The Labute approximate surface area is 167 Å². The molecule has 2 fully saturated rings. The summed E-state index contributed by atoms with van der Waals surface area (Å²) in [5, 5.41) is 3.99. The molecule has 1 saturated heterocycles. The minimum Gasteiger partial charge on any atom is -0.444 e. The average molecular weight is 408 g/mol. The zero-order valence-corrected chi connectivity index (χ0v) is 17.7. The molecule has 154 valence electrons. The highest BCUT2D eigenvalue weighted by Gasteiger charge is 2.42. The van der Waals surface area contributed by atoms with Crippen LogP contribution in [-0.2, 0) is 14.8 Å². The van der Waals surface area contributed by atoms with Crippen LogP contribution in [0.3, 0.4) is 0 Å². The van der Waals surface area contributed by atoms with E-state index in [1.807, 2.05) is 27.7 Å². The van der Waals surface area contributed by atoms with Gasteiger partial charge >= 0.3 is 6.09 Å². The number of likely N-dealkylation sites (tertiary alicyclic amines) is 1. The lowest BCUT2D eigenvalue weighted by Gasteiger charge is -2.25. The van der Waals surface area contributed by atoms with Crippen molar-refractivity contribution in [1.29, 1.82) is 0 Å². The number of hydrogen-bond acceptors (Lipinski definition) is 5. The topological polar surface area (TPSA) is 88.1 Å². The number of nitrogens with one attached hydrogen (secondary N) is 1. The second-order valence-electron chi connectivity index (χ2n) is 8.82. The summed E-state index contributed by atoms with van der Waals surface area (Å²) >= 11 is 0. The maximum Gasteiger partial charge on any atom is 0.410 e. The van der Waals surface area contributed by atoms with Crippen molar-refractivity contribution < 1.29 is 17.9 Å². The summed E-state index contributed by atoms with van der Waals surface area (Å²) in [6, 6.07) is 6.65. The van der Waals surface area contributed by atoms with Gasteiger partial charge in [-0.3, -0.25) is 0 Å². The van der Waals surface area contributed by atoms with E-state index in [-0.39, 0.29) is 16.9 Å². The van der Waals surface area contributed by atoms with Crippen LogP contribution in [0.4, 0.5) is 4.79 Å². The lowest BCUT2D eigenvalue weighted by atomic mass is 10.0. The van der Waals surface area contributed by atoms with E-state index < -0.39 is 15.6 Å². The van der Waals surface area contributed by atoms with Gasteiger partial charge in [-0.2, -0.15) is 13.5 Å². The van der Waals surface area contributed by atoms with Crippen LogP contribution in [0.25, 0.3) is 0 Å². The third-order valence-electron chi connectivity index (χ3n) is 5.23. The van der Waals surface area contributed by atoms with Crippen LogP contribution in [0, 0.1) is 24.7 Å². The van der Waals surface area contributed by atoms with Crippen LogP contribution >= 0.6 is 0 Å². The molecule has 1 aromatic rings. The van der Waals surface area contributed by atoms with Crippen molar-refractivity contribution >= 4 is 22.3 Å². The summed E-state index contributed by atoms with van der Waals surface area (Å²) < 4.78 is 30.0. The number of benzene rings is 1. The van der Waals surface area contributed by atoms with Crippen molar-refractivity contribution in [3.8, 4) is 0 Å². The number of rotatable bonds is 4. The number of amides is 1. The van der Waals surface area contributed by atoms with E-state index >= 15 is 0 Å². The SMILES string of the molecule is Cc1ccc(S(=O)(=O)N/N=C/C2CC3CN(C(=O)OC(C)(C)C)CC3C2)cc1. The standard InChI is InChI=1S/C20H29N3O4S/c1-14-5-7-18(8-6-14)28(25,26)22-21-11-15-9-16-12-23(13-17(16)10-15)19(24)27-20(2,3)4/h5-8,11,15-17,22H,9-10,12-13H2,1-4H3/b21-11+. The fourth-order valence-corrected chi connectivity index (χ4v) is 4.72. The summed E-state index contributed by atoms with van der Waals surface area (Å²) in [5.74, 6) is 1.05. The third-order valence-corrected chi connectivity index (χ3v) is 6.47. The monoisotopic (exact) mass is 407 g/mol. The molecule has 0 spiro atoms. The fraction of sp³-hybridized carbons (Fsp3) is 0.600. The average Bonchev–Trinajstić information content (AvgIpc) is 3.12. The predicted octanol–water partition coefficient (Wildman–Crippen LogP) is 3.15. The second kappa shape index (κ2) is 7.73. The number of carbonyl (C=O) groups is 1. The van der Waals surface area contributed by atoms with Gasteiger partial charge in [0.15, 0.2) is 0 Å². The number of nitrogens with zero attached hydrogens (tertiary/aromatic N) is 2. The van der Waals surface area contributed by atoms with Gasteiger partial charge in [0.2, 0.25) is 0 Å². The highest BCUT2D eigenvalue weighted by Crippen LogP contribution is 2.41. The van der Waals surface area contributed by atoms with E-state index in [2.05, 4.69) is 9.93 Å². The van der Waals surface area contributed by atoms with E-state index in [0.29, 0.717) is 24.9 Å². The highest BCUT2D eigenvalue weighted by molar-refractivity contribution is 7.89. The maximum absolute atomic E-state index is 12.3. The molecule has 1 N–H and O–H groups in total. The first-order chi connectivity index (χ1) is 13.0. The Morgan fingerprint density at radius 1 is 1.18 bits per heavy atom. The summed E-state index contributed by atoms with van der Waals surface area (Å²) in [6.07, 6.45) is 3.25. The van der Waals surface area contributed by atoms with Gasteiger partial charge in [-0.15, -0.1) is 0 Å². The first-order valence-corrected chi connectivity index (χ1v) is 11.1. The van der Waals surface area contributed by atoms with Crippen molar-refractivity contribution in [2.24, 2.45) is 22.9 Å². The number of ether oxygens (including phenoxy) is 1. The van der Waals surface area contributed by atoms with Crippen molar-refractivity contribution in [3.05, 3.63) is 29.8 Å². The van der Waals surface area contributed by atoms with Crippen LogP contribution in [0.2, 0.25) is 0 Å². The second-order valence-corrected chi connectivity index (χ2v) is 10.5.